The van der Waals surface area contributed by atoms with Crippen molar-refractivity contribution in [3.05, 3.63) is 65.2 Å². The number of carbonyl (C=O) groups excluding carboxylic acids is 2. The van der Waals surface area contributed by atoms with Crippen molar-refractivity contribution in [1.29, 1.82) is 0 Å². The van der Waals surface area contributed by atoms with Crippen LogP contribution < -0.4 is 10.6 Å². The van der Waals surface area contributed by atoms with E-state index in [1.54, 1.807) is 49.0 Å². The maximum atomic E-state index is 14.4. The van der Waals surface area contributed by atoms with Gasteiger partial charge in [0.05, 0.1) is 17.3 Å². The van der Waals surface area contributed by atoms with E-state index in [0.29, 0.717) is 40.2 Å². The highest BCUT2D eigenvalue weighted by Crippen LogP contribution is 2.39. The van der Waals surface area contributed by atoms with Crippen LogP contribution in [0.15, 0.2) is 42.6 Å². The van der Waals surface area contributed by atoms with Gasteiger partial charge in [-0.15, -0.1) is 0 Å². The molecule has 0 saturated carbocycles. The Hall–Kier alpha value is -4.21. The molecule has 3 aromatic heterocycles. The summed E-state index contributed by atoms with van der Waals surface area (Å²) in [6.07, 6.45) is 5.72. The van der Waals surface area contributed by atoms with Crippen molar-refractivity contribution in [2.75, 3.05) is 11.9 Å². The van der Waals surface area contributed by atoms with Gasteiger partial charge in [-0.1, -0.05) is 44.4 Å². The van der Waals surface area contributed by atoms with E-state index < -0.39 is 5.41 Å². The van der Waals surface area contributed by atoms with Crippen LogP contribution in [0, 0.1) is 5.82 Å². The highest BCUT2D eigenvalue weighted by atomic mass is 19.1. The molecule has 5 rings (SSSR count). The summed E-state index contributed by atoms with van der Waals surface area (Å²) in [5.74, 6) is -0.484. The molecule has 0 spiro atoms. The SMILES string of the molecule is CCCCCCNC(=O)c1nc(-c2nn(Cc3ccccc3F)c3ncccc23)nc2c1C(C)(C)C(=O)N2. The summed E-state index contributed by atoms with van der Waals surface area (Å²) in [4.78, 5) is 39.9. The average Bonchev–Trinajstić information content (AvgIpc) is 3.38. The number of halogens is 1. The van der Waals surface area contributed by atoms with E-state index in [1.807, 2.05) is 6.07 Å². The largest absolute Gasteiger partial charge is 0.351 e. The summed E-state index contributed by atoms with van der Waals surface area (Å²) < 4.78 is 16.0. The number of fused-ring (bicyclic) bond motifs is 2. The molecule has 10 heteroatoms. The fraction of sp³-hybridized carbons (Fsp3) is 0.357. The van der Waals surface area contributed by atoms with Gasteiger partial charge in [-0.05, 0) is 38.5 Å². The first-order valence-corrected chi connectivity index (χ1v) is 12.9. The van der Waals surface area contributed by atoms with Crippen molar-refractivity contribution in [2.45, 2.75) is 58.4 Å². The zero-order chi connectivity index (χ0) is 26.9. The Balaban J connectivity index is 1.58. The molecule has 0 atom stereocenters. The minimum Gasteiger partial charge on any atom is -0.351 e. The Kier molecular flexibility index (Phi) is 6.88. The third-order valence-electron chi connectivity index (χ3n) is 6.86. The van der Waals surface area contributed by atoms with Gasteiger partial charge < -0.3 is 10.6 Å². The summed E-state index contributed by atoms with van der Waals surface area (Å²) in [6.45, 7) is 6.29. The highest BCUT2D eigenvalue weighted by Gasteiger charge is 2.44. The zero-order valence-corrected chi connectivity index (χ0v) is 21.7. The van der Waals surface area contributed by atoms with Gasteiger partial charge in [0.15, 0.2) is 11.5 Å². The number of rotatable bonds is 9. The number of carbonyl (C=O) groups is 2. The average molecular weight is 516 g/mol. The Labute approximate surface area is 219 Å². The molecule has 38 heavy (non-hydrogen) atoms. The molecule has 0 aliphatic carbocycles. The quantitative estimate of drug-likeness (QED) is 0.315. The molecule has 2 amide bonds. The Morgan fingerprint density at radius 2 is 1.92 bits per heavy atom. The Bertz CT molecular complexity index is 1530. The van der Waals surface area contributed by atoms with Crippen LogP contribution in [0.4, 0.5) is 10.2 Å². The first-order valence-electron chi connectivity index (χ1n) is 12.9. The molecule has 1 aromatic carbocycles. The predicted octanol–water partition coefficient (Wildman–Crippen LogP) is 4.62. The minimum atomic E-state index is -0.976. The fourth-order valence-electron chi connectivity index (χ4n) is 4.70. The van der Waals surface area contributed by atoms with Gasteiger partial charge in [0.2, 0.25) is 5.91 Å². The van der Waals surface area contributed by atoms with Gasteiger partial charge in [-0.25, -0.2) is 24.0 Å². The van der Waals surface area contributed by atoms with Crippen molar-refractivity contribution in [2.24, 2.45) is 0 Å². The van der Waals surface area contributed by atoms with Crippen LogP contribution in [0.3, 0.4) is 0 Å². The maximum Gasteiger partial charge on any atom is 0.270 e. The molecule has 0 unspecified atom stereocenters. The Morgan fingerprint density at radius 1 is 1.11 bits per heavy atom. The van der Waals surface area contributed by atoms with Crippen LogP contribution >= 0.6 is 0 Å². The molecular weight excluding hydrogens is 485 g/mol. The van der Waals surface area contributed by atoms with Gasteiger partial charge in [-0.2, -0.15) is 5.10 Å². The van der Waals surface area contributed by atoms with Crippen molar-refractivity contribution in [3.8, 4) is 11.5 Å². The summed E-state index contributed by atoms with van der Waals surface area (Å²) in [6, 6.07) is 10.1. The Morgan fingerprint density at radius 3 is 2.71 bits per heavy atom. The number of pyridine rings is 1. The number of amides is 2. The van der Waals surface area contributed by atoms with Crippen molar-refractivity contribution in [3.63, 3.8) is 0 Å². The molecule has 2 N–H and O–H groups in total. The maximum absolute atomic E-state index is 14.4. The second kappa shape index (κ2) is 10.3. The smallest absolute Gasteiger partial charge is 0.270 e. The molecule has 196 valence electrons. The normalized spacial score (nSPS) is 13.9. The summed E-state index contributed by atoms with van der Waals surface area (Å²) in [5, 5.41) is 11.1. The molecule has 1 aliphatic heterocycles. The fourth-order valence-corrected chi connectivity index (χ4v) is 4.70. The number of hydrogen-bond donors (Lipinski definition) is 2. The van der Waals surface area contributed by atoms with Crippen LogP contribution in [0.5, 0.6) is 0 Å². The zero-order valence-electron chi connectivity index (χ0n) is 21.7. The lowest BCUT2D eigenvalue weighted by Gasteiger charge is -2.18. The van der Waals surface area contributed by atoms with Crippen molar-refractivity contribution >= 4 is 28.7 Å². The number of unbranched alkanes of at least 4 members (excludes halogenated alkanes) is 3. The lowest BCUT2D eigenvalue weighted by atomic mass is 9.85. The molecule has 0 radical (unpaired) electrons. The lowest BCUT2D eigenvalue weighted by molar-refractivity contribution is -0.119. The second-order valence-electron chi connectivity index (χ2n) is 9.99. The molecule has 4 aromatic rings. The number of anilines is 1. The van der Waals surface area contributed by atoms with Crippen LogP contribution in [0.2, 0.25) is 0 Å². The number of aromatic nitrogens is 5. The topological polar surface area (TPSA) is 115 Å². The van der Waals surface area contributed by atoms with E-state index in [2.05, 4.69) is 32.5 Å². The lowest BCUT2D eigenvalue weighted by Crippen LogP contribution is -2.32. The van der Waals surface area contributed by atoms with E-state index >= 15 is 0 Å². The monoisotopic (exact) mass is 515 g/mol. The van der Waals surface area contributed by atoms with E-state index in [1.165, 1.54) is 6.07 Å². The summed E-state index contributed by atoms with van der Waals surface area (Å²) in [5.41, 5.74) is 1.01. The highest BCUT2D eigenvalue weighted by molar-refractivity contribution is 6.09. The second-order valence-corrected chi connectivity index (χ2v) is 9.99. The van der Waals surface area contributed by atoms with Crippen LogP contribution in [0.25, 0.3) is 22.6 Å². The summed E-state index contributed by atoms with van der Waals surface area (Å²) >= 11 is 0. The van der Waals surface area contributed by atoms with Gasteiger partial charge in [0, 0.05) is 23.9 Å². The molecule has 1 aliphatic rings. The van der Waals surface area contributed by atoms with E-state index in [9.17, 15) is 14.0 Å². The first-order chi connectivity index (χ1) is 18.3. The number of hydrogen-bond acceptors (Lipinski definition) is 6. The van der Waals surface area contributed by atoms with E-state index in [0.717, 1.165) is 25.7 Å². The third kappa shape index (κ3) is 4.62. The van der Waals surface area contributed by atoms with Crippen LogP contribution in [-0.4, -0.2) is 43.1 Å². The van der Waals surface area contributed by atoms with Gasteiger partial charge in [-0.3, -0.25) is 9.59 Å². The predicted molar refractivity (Wildman–Crippen MR) is 142 cm³/mol. The number of benzene rings is 1. The van der Waals surface area contributed by atoms with Gasteiger partial charge in [0.1, 0.15) is 23.0 Å². The third-order valence-corrected chi connectivity index (χ3v) is 6.86. The van der Waals surface area contributed by atoms with Crippen molar-refractivity contribution in [1.82, 2.24) is 30.0 Å². The van der Waals surface area contributed by atoms with Crippen molar-refractivity contribution < 1.29 is 14.0 Å². The van der Waals surface area contributed by atoms with Gasteiger partial charge >= 0.3 is 0 Å². The van der Waals surface area contributed by atoms with E-state index in [-0.39, 0.29) is 35.7 Å². The van der Waals surface area contributed by atoms with Gasteiger partial charge in [0.25, 0.3) is 5.91 Å². The summed E-state index contributed by atoms with van der Waals surface area (Å²) in [7, 11) is 0. The molecular formula is C28H30FN7O2. The minimum absolute atomic E-state index is 0.143. The van der Waals surface area contributed by atoms with Crippen LogP contribution in [0.1, 0.15) is 68.1 Å². The number of nitrogens with one attached hydrogen (secondary N) is 2. The standard InChI is InChI=1S/C28H30FN7O2/c1-4-5-6-9-14-31-26(37)22-20-23(34-27(38)28(20,2)3)33-24(32-22)21-18-12-10-15-30-25(18)36(35-21)16-17-11-7-8-13-19(17)29/h7-8,10-13,15H,4-6,9,14,16H2,1-3H3,(H,31,37)(H,32,33,34,38). The molecule has 0 bridgehead atoms. The molecule has 0 saturated heterocycles. The molecule has 0 fully saturated rings. The van der Waals surface area contributed by atoms with E-state index in [4.69, 9.17) is 5.10 Å². The number of nitrogens with zero attached hydrogens (tertiary/aromatic N) is 5. The first kappa shape index (κ1) is 25.4. The molecule has 4 heterocycles. The van der Waals surface area contributed by atoms with Crippen LogP contribution in [-0.2, 0) is 16.8 Å². The molecule has 9 nitrogen and oxygen atoms in total.